The van der Waals surface area contributed by atoms with E-state index in [2.05, 4.69) is 25.4 Å². The first kappa shape index (κ1) is 16.5. The lowest BCUT2D eigenvalue weighted by Gasteiger charge is -2.34. The van der Waals surface area contributed by atoms with Gasteiger partial charge in [-0.05, 0) is 12.8 Å². The smallest absolute Gasteiger partial charge is 0.272 e. The first-order valence-corrected chi connectivity index (χ1v) is 8.34. The van der Waals surface area contributed by atoms with E-state index in [1.165, 1.54) is 12.4 Å². The number of amides is 1. The van der Waals surface area contributed by atoms with E-state index in [0.717, 1.165) is 32.1 Å². The van der Waals surface area contributed by atoms with Gasteiger partial charge < -0.3 is 9.84 Å². The Balaban J connectivity index is 1.90. The maximum absolute atomic E-state index is 12.6. The first-order chi connectivity index (χ1) is 11.4. The minimum atomic E-state index is -0.622. The summed E-state index contributed by atoms with van der Waals surface area (Å²) in [5.41, 5.74) is -0.534. The Kier molecular flexibility index (Phi) is 4.34. The molecule has 0 bridgehead atoms. The molecule has 1 fully saturated rings. The highest BCUT2D eigenvalue weighted by Crippen LogP contribution is 2.37. The predicted octanol–water partition coefficient (Wildman–Crippen LogP) is 2.75. The van der Waals surface area contributed by atoms with Crippen LogP contribution in [0.15, 0.2) is 23.1 Å². The molecule has 7 heteroatoms. The monoisotopic (exact) mass is 329 g/mol. The first-order valence-electron chi connectivity index (χ1n) is 8.34. The molecule has 0 unspecified atom stereocenters. The van der Waals surface area contributed by atoms with Crippen LogP contribution in [0.3, 0.4) is 0 Å². The van der Waals surface area contributed by atoms with Crippen molar-refractivity contribution in [1.29, 1.82) is 0 Å². The van der Waals surface area contributed by atoms with Crippen molar-refractivity contribution in [3.63, 3.8) is 0 Å². The molecule has 2 aromatic heterocycles. The van der Waals surface area contributed by atoms with Crippen molar-refractivity contribution in [2.45, 2.75) is 63.8 Å². The second kappa shape index (κ2) is 6.30. The van der Waals surface area contributed by atoms with Gasteiger partial charge in [0.1, 0.15) is 11.2 Å². The Hall–Kier alpha value is -2.31. The van der Waals surface area contributed by atoms with Crippen LogP contribution in [0.2, 0.25) is 0 Å². The molecule has 0 spiro atoms. The minimum absolute atomic E-state index is 0.202. The summed E-state index contributed by atoms with van der Waals surface area (Å²) < 4.78 is 5.56. The molecule has 0 saturated heterocycles. The molecule has 128 valence electrons. The lowest BCUT2D eigenvalue weighted by molar-refractivity contribution is 0.0819. The molecule has 1 N–H and O–H groups in total. The van der Waals surface area contributed by atoms with Crippen LogP contribution in [-0.4, -0.2) is 26.0 Å². The summed E-state index contributed by atoms with van der Waals surface area (Å²) in [4.78, 5) is 25.2. The van der Waals surface area contributed by atoms with E-state index in [-0.39, 0.29) is 17.0 Å². The van der Waals surface area contributed by atoms with Gasteiger partial charge >= 0.3 is 0 Å². The van der Waals surface area contributed by atoms with Crippen LogP contribution in [0.5, 0.6) is 0 Å². The van der Waals surface area contributed by atoms with E-state index < -0.39 is 5.54 Å². The van der Waals surface area contributed by atoms with Crippen molar-refractivity contribution < 1.29 is 9.32 Å². The molecule has 0 atom stereocenters. The minimum Gasteiger partial charge on any atom is -0.337 e. The molecule has 2 aromatic rings. The van der Waals surface area contributed by atoms with Crippen LogP contribution in [0, 0.1) is 0 Å². The molecule has 3 rings (SSSR count). The van der Waals surface area contributed by atoms with Crippen LogP contribution < -0.4 is 5.32 Å². The lowest BCUT2D eigenvalue weighted by atomic mass is 9.81. The second-order valence-corrected chi connectivity index (χ2v) is 7.36. The van der Waals surface area contributed by atoms with Crippen molar-refractivity contribution in [1.82, 2.24) is 25.4 Å². The summed E-state index contributed by atoms with van der Waals surface area (Å²) in [6.45, 7) is 6.11. The molecule has 7 nitrogen and oxygen atoms in total. The number of hydrogen-bond acceptors (Lipinski definition) is 6. The van der Waals surface area contributed by atoms with Crippen LogP contribution in [-0.2, 0) is 11.0 Å². The van der Waals surface area contributed by atoms with Gasteiger partial charge in [-0.25, -0.2) is 4.98 Å². The van der Waals surface area contributed by atoms with E-state index in [1.54, 1.807) is 6.20 Å². The predicted molar refractivity (Wildman–Crippen MR) is 87.3 cm³/mol. The molecule has 1 saturated carbocycles. The Bertz CT molecular complexity index is 699. The molecule has 0 aromatic carbocycles. The third-order valence-electron chi connectivity index (χ3n) is 4.36. The normalized spacial score (nSPS) is 17.5. The average molecular weight is 329 g/mol. The van der Waals surface area contributed by atoms with Gasteiger partial charge in [0.25, 0.3) is 11.8 Å². The molecule has 2 heterocycles. The quantitative estimate of drug-likeness (QED) is 0.930. The topological polar surface area (TPSA) is 93.8 Å². The summed E-state index contributed by atoms with van der Waals surface area (Å²) in [6, 6.07) is 0. The van der Waals surface area contributed by atoms with Gasteiger partial charge in [-0.3, -0.25) is 9.78 Å². The van der Waals surface area contributed by atoms with E-state index >= 15 is 0 Å². The second-order valence-electron chi connectivity index (χ2n) is 7.36. The number of aromatic nitrogens is 4. The van der Waals surface area contributed by atoms with E-state index in [1.807, 2.05) is 20.8 Å². The zero-order valence-electron chi connectivity index (χ0n) is 14.4. The number of hydrogen-bond donors (Lipinski definition) is 1. The number of nitrogens with one attached hydrogen (secondary N) is 1. The van der Waals surface area contributed by atoms with Crippen LogP contribution in [0.25, 0.3) is 0 Å². The van der Waals surface area contributed by atoms with Crippen LogP contribution in [0.1, 0.15) is 75.1 Å². The standard InChI is InChI=1S/C17H23N5O2/c1-16(2,3)14-20-15(24-22-14)17(7-5-4-6-8-17)21-13(23)12-11-18-9-10-19-12/h9-11H,4-8H2,1-3H3,(H,21,23). The third-order valence-corrected chi connectivity index (χ3v) is 4.36. The number of carbonyl (C=O) groups excluding carboxylic acids is 1. The summed E-state index contributed by atoms with van der Waals surface area (Å²) in [7, 11) is 0. The van der Waals surface area contributed by atoms with Gasteiger partial charge in [0.2, 0.25) is 0 Å². The fourth-order valence-corrected chi connectivity index (χ4v) is 2.97. The van der Waals surface area contributed by atoms with Crippen molar-refractivity contribution in [2.75, 3.05) is 0 Å². The van der Waals surface area contributed by atoms with Gasteiger partial charge in [0.15, 0.2) is 5.82 Å². The zero-order valence-corrected chi connectivity index (χ0v) is 14.4. The molecule has 0 aliphatic heterocycles. The largest absolute Gasteiger partial charge is 0.337 e. The summed E-state index contributed by atoms with van der Waals surface area (Å²) >= 11 is 0. The molecular weight excluding hydrogens is 306 g/mol. The number of nitrogens with zero attached hydrogens (tertiary/aromatic N) is 4. The van der Waals surface area contributed by atoms with Gasteiger partial charge in [-0.2, -0.15) is 4.98 Å². The van der Waals surface area contributed by atoms with E-state index in [4.69, 9.17) is 4.52 Å². The Morgan fingerprint density at radius 1 is 1.21 bits per heavy atom. The Morgan fingerprint density at radius 3 is 2.54 bits per heavy atom. The SMILES string of the molecule is CC(C)(C)c1noc(C2(NC(=O)c3cnccn3)CCCCC2)n1. The summed E-state index contributed by atoms with van der Waals surface area (Å²) in [6.07, 6.45) is 9.23. The van der Waals surface area contributed by atoms with Crippen molar-refractivity contribution in [3.8, 4) is 0 Å². The van der Waals surface area contributed by atoms with Crippen LogP contribution >= 0.6 is 0 Å². The van der Waals surface area contributed by atoms with Crippen molar-refractivity contribution in [3.05, 3.63) is 36.0 Å². The average Bonchev–Trinajstić information content (AvgIpc) is 3.07. The molecule has 1 aliphatic rings. The fourth-order valence-electron chi connectivity index (χ4n) is 2.97. The molecule has 0 radical (unpaired) electrons. The van der Waals surface area contributed by atoms with E-state index in [9.17, 15) is 4.79 Å². The third kappa shape index (κ3) is 3.29. The van der Waals surface area contributed by atoms with E-state index in [0.29, 0.717) is 11.7 Å². The number of rotatable bonds is 3. The highest BCUT2D eigenvalue weighted by Gasteiger charge is 2.41. The zero-order chi connectivity index (χ0) is 17.2. The van der Waals surface area contributed by atoms with Crippen molar-refractivity contribution in [2.24, 2.45) is 0 Å². The Morgan fingerprint density at radius 2 is 1.96 bits per heavy atom. The highest BCUT2D eigenvalue weighted by atomic mass is 16.5. The fraction of sp³-hybridized carbons (Fsp3) is 0.588. The lowest BCUT2D eigenvalue weighted by Crippen LogP contribution is -2.47. The molecule has 24 heavy (non-hydrogen) atoms. The highest BCUT2D eigenvalue weighted by molar-refractivity contribution is 5.92. The van der Waals surface area contributed by atoms with Gasteiger partial charge in [0, 0.05) is 17.8 Å². The van der Waals surface area contributed by atoms with Gasteiger partial charge in [-0.1, -0.05) is 45.2 Å². The summed E-state index contributed by atoms with van der Waals surface area (Å²) in [5.74, 6) is 0.876. The van der Waals surface area contributed by atoms with Crippen molar-refractivity contribution >= 4 is 5.91 Å². The molecular formula is C17H23N5O2. The van der Waals surface area contributed by atoms with Gasteiger partial charge in [0.05, 0.1) is 6.20 Å². The molecule has 1 aliphatic carbocycles. The van der Waals surface area contributed by atoms with Gasteiger partial charge in [-0.15, -0.1) is 0 Å². The van der Waals surface area contributed by atoms with Crippen LogP contribution in [0.4, 0.5) is 0 Å². The summed E-state index contributed by atoms with van der Waals surface area (Å²) in [5, 5.41) is 7.21. The molecule has 1 amide bonds. The Labute approximate surface area is 141 Å². The maximum atomic E-state index is 12.6. The number of carbonyl (C=O) groups is 1. The maximum Gasteiger partial charge on any atom is 0.272 e.